The third kappa shape index (κ3) is 3.95. The Kier molecular flexibility index (Phi) is 5.16. The number of amides is 2. The molecule has 1 aliphatic heterocycles. The van der Waals surface area contributed by atoms with Crippen molar-refractivity contribution >= 4 is 11.8 Å². The number of carbonyl (C=O) groups excluding carboxylic acids is 2. The van der Waals surface area contributed by atoms with Gasteiger partial charge in [0, 0.05) is 32.2 Å². The van der Waals surface area contributed by atoms with Gasteiger partial charge in [0.15, 0.2) is 6.61 Å². The predicted octanol–water partition coefficient (Wildman–Crippen LogP) is 0.215. The van der Waals surface area contributed by atoms with Crippen LogP contribution in [0.4, 0.5) is 0 Å². The first-order chi connectivity index (χ1) is 10.1. The number of benzene rings is 1. The number of hydrogen-bond donors (Lipinski definition) is 1. The van der Waals surface area contributed by atoms with Gasteiger partial charge in [-0.1, -0.05) is 18.2 Å². The summed E-state index contributed by atoms with van der Waals surface area (Å²) in [6.07, 6.45) is 0.785. The van der Waals surface area contributed by atoms with Crippen molar-refractivity contribution in [2.24, 2.45) is 5.73 Å². The van der Waals surface area contributed by atoms with Crippen LogP contribution < -0.4 is 10.5 Å². The standard InChI is InChI=1S/C15H21N3O3/c1-17-7-4-8-18(10-14(17)19)15(20)11-21-13-6-3-2-5-12(13)9-16/h2-3,5-6H,4,7-11,16H2,1H3. The van der Waals surface area contributed by atoms with Gasteiger partial charge in [-0.25, -0.2) is 0 Å². The molecule has 114 valence electrons. The maximum Gasteiger partial charge on any atom is 0.260 e. The van der Waals surface area contributed by atoms with E-state index >= 15 is 0 Å². The number of ether oxygens (including phenoxy) is 1. The molecule has 2 rings (SSSR count). The van der Waals surface area contributed by atoms with Crippen molar-refractivity contribution < 1.29 is 14.3 Å². The second kappa shape index (κ2) is 7.08. The molecule has 1 heterocycles. The molecule has 6 nitrogen and oxygen atoms in total. The molecule has 2 amide bonds. The number of likely N-dealkylation sites (N-methyl/N-ethyl adjacent to an activating group) is 1. The molecule has 0 bridgehead atoms. The van der Waals surface area contributed by atoms with E-state index in [0.717, 1.165) is 12.0 Å². The van der Waals surface area contributed by atoms with E-state index in [-0.39, 0.29) is 25.0 Å². The molecule has 1 aliphatic rings. The molecule has 0 atom stereocenters. The summed E-state index contributed by atoms with van der Waals surface area (Å²) in [5, 5.41) is 0. The second-order valence-electron chi connectivity index (χ2n) is 5.08. The van der Waals surface area contributed by atoms with Crippen molar-refractivity contribution in [1.82, 2.24) is 9.80 Å². The molecule has 6 heteroatoms. The Bertz CT molecular complexity index is 519. The van der Waals surface area contributed by atoms with Gasteiger partial charge in [-0.3, -0.25) is 9.59 Å². The minimum atomic E-state index is -0.175. The van der Waals surface area contributed by atoms with Crippen molar-refractivity contribution in [2.75, 3.05) is 33.3 Å². The summed E-state index contributed by atoms with van der Waals surface area (Å²) in [5.41, 5.74) is 6.49. The highest BCUT2D eigenvalue weighted by Crippen LogP contribution is 2.17. The van der Waals surface area contributed by atoms with E-state index in [4.69, 9.17) is 10.5 Å². The quantitative estimate of drug-likeness (QED) is 0.860. The Morgan fingerprint density at radius 2 is 2.10 bits per heavy atom. The highest BCUT2D eigenvalue weighted by Gasteiger charge is 2.23. The van der Waals surface area contributed by atoms with Crippen LogP contribution in [-0.2, 0) is 16.1 Å². The number of carbonyl (C=O) groups is 2. The van der Waals surface area contributed by atoms with Crippen LogP contribution in [0.25, 0.3) is 0 Å². The molecular weight excluding hydrogens is 270 g/mol. The van der Waals surface area contributed by atoms with Crippen molar-refractivity contribution in [2.45, 2.75) is 13.0 Å². The normalized spacial score (nSPS) is 15.8. The van der Waals surface area contributed by atoms with Crippen molar-refractivity contribution in [3.63, 3.8) is 0 Å². The zero-order chi connectivity index (χ0) is 15.2. The van der Waals surface area contributed by atoms with Crippen LogP contribution >= 0.6 is 0 Å². The highest BCUT2D eigenvalue weighted by atomic mass is 16.5. The molecule has 1 aromatic carbocycles. The molecule has 0 saturated carbocycles. The summed E-state index contributed by atoms with van der Waals surface area (Å²) in [4.78, 5) is 27.2. The Labute approximate surface area is 124 Å². The average molecular weight is 291 g/mol. The van der Waals surface area contributed by atoms with Gasteiger partial charge in [0.2, 0.25) is 5.91 Å². The van der Waals surface area contributed by atoms with Gasteiger partial charge in [0.1, 0.15) is 5.75 Å². The molecule has 2 N–H and O–H groups in total. The Morgan fingerprint density at radius 3 is 2.86 bits per heavy atom. The van der Waals surface area contributed by atoms with Crippen LogP contribution in [0.1, 0.15) is 12.0 Å². The molecular formula is C15H21N3O3. The van der Waals surface area contributed by atoms with E-state index in [0.29, 0.717) is 25.4 Å². The summed E-state index contributed by atoms with van der Waals surface area (Å²) in [5.74, 6) is 0.403. The number of nitrogens with zero attached hydrogens (tertiary/aromatic N) is 2. The lowest BCUT2D eigenvalue weighted by Gasteiger charge is -2.20. The van der Waals surface area contributed by atoms with Crippen LogP contribution in [0.2, 0.25) is 0 Å². The Hall–Kier alpha value is -2.08. The minimum absolute atomic E-state index is 0.0387. The van der Waals surface area contributed by atoms with Gasteiger partial charge >= 0.3 is 0 Å². The number of hydrogen-bond acceptors (Lipinski definition) is 4. The molecule has 1 aromatic rings. The molecule has 0 radical (unpaired) electrons. The summed E-state index contributed by atoms with van der Waals surface area (Å²) < 4.78 is 5.55. The van der Waals surface area contributed by atoms with Crippen LogP contribution in [0.5, 0.6) is 5.75 Å². The van der Waals surface area contributed by atoms with Gasteiger partial charge in [0.25, 0.3) is 5.91 Å². The van der Waals surface area contributed by atoms with E-state index in [1.165, 1.54) is 0 Å². The fourth-order valence-corrected chi connectivity index (χ4v) is 2.24. The maximum absolute atomic E-state index is 12.2. The van der Waals surface area contributed by atoms with E-state index < -0.39 is 0 Å². The second-order valence-corrected chi connectivity index (χ2v) is 5.08. The van der Waals surface area contributed by atoms with E-state index in [9.17, 15) is 9.59 Å². The lowest BCUT2D eigenvalue weighted by molar-refractivity contribution is -0.139. The maximum atomic E-state index is 12.2. The smallest absolute Gasteiger partial charge is 0.260 e. The minimum Gasteiger partial charge on any atom is -0.483 e. The van der Waals surface area contributed by atoms with Gasteiger partial charge in [-0.2, -0.15) is 0 Å². The molecule has 0 spiro atoms. The Morgan fingerprint density at radius 1 is 1.33 bits per heavy atom. The lowest BCUT2D eigenvalue weighted by atomic mass is 10.2. The first-order valence-corrected chi connectivity index (χ1v) is 7.04. The summed E-state index contributed by atoms with van der Waals surface area (Å²) >= 11 is 0. The number of para-hydroxylation sites is 1. The lowest BCUT2D eigenvalue weighted by Crippen LogP contribution is -2.40. The molecule has 21 heavy (non-hydrogen) atoms. The third-order valence-corrected chi connectivity index (χ3v) is 3.57. The van der Waals surface area contributed by atoms with Crippen LogP contribution in [0.15, 0.2) is 24.3 Å². The van der Waals surface area contributed by atoms with E-state index in [2.05, 4.69) is 0 Å². The predicted molar refractivity (Wildman–Crippen MR) is 78.7 cm³/mol. The Balaban J connectivity index is 1.93. The van der Waals surface area contributed by atoms with Crippen LogP contribution in [0, 0.1) is 0 Å². The van der Waals surface area contributed by atoms with Crippen molar-refractivity contribution in [1.29, 1.82) is 0 Å². The first kappa shape index (κ1) is 15.3. The van der Waals surface area contributed by atoms with Gasteiger partial charge in [-0.15, -0.1) is 0 Å². The largest absolute Gasteiger partial charge is 0.483 e. The topological polar surface area (TPSA) is 75.9 Å². The monoisotopic (exact) mass is 291 g/mol. The van der Waals surface area contributed by atoms with Crippen LogP contribution in [0.3, 0.4) is 0 Å². The highest BCUT2D eigenvalue weighted by molar-refractivity contribution is 5.85. The fraction of sp³-hybridized carbons (Fsp3) is 0.467. The van der Waals surface area contributed by atoms with Gasteiger partial charge < -0.3 is 20.3 Å². The van der Waals surface area contributed by atoms with Crippen molar-refractivity contribution in [3.05, 3.63) is 29.8 Å². The summed E-state index contributed by atoms with van der Waals surface area (Å²) in [7, 11) is 1.75. The fourth-order valence-electron chi connectivity index (χ4n) is 2.24. The number of rotatable bonds is 4. The summed E-state index contributed by atoms with van der Waals surface area (Å²) in [6.45, 7) is 1.67. The average Bonchev–Trinajstić information content (AvgIpc) is 2.67. The molecule has 1 fully saturated rings. The van der Waals surface area contributed by atoms with E-state index in [1.807, 2.05) is 18.2 Å². The molecule has 0 unspecified atom stereocenters. The molecule has 0 aromatic heterocycles. The van der Waals surface area contributed by atoms with Crippen LogP contribution in [-0.4, -0.2) is 54.9 Å². The van der Waals surface area contributed by atoms with Gasteiger partial charge in [-0.05, 0) is 12.5 Å². The van der Waals surface area contributed by atoms with Crippen molar-refractivity contribution in [3.8, 4) is 5.75 Å². The third-order valence-electron chi connectivity index (χ3n) is 3.57. The summed E-state index contributed by atoms with van der Waals surface area (Å²) in [6, 6.07) is 7.37. The molecule has 1 saturated heterocycles. The molecule has 0 aliphatic carbocycles. The van der Waals surface area contributed by atoms with E-state index in [1.54, 1.807) is 22.9 Å². The zero-order valence-electron chi connectivity index (χ0n) is 12.2. The SMILES string of the molecule is CN1CCCN(C(=O)COc2ccccc2CN)CC1=O. The number of nitrogens with two attached hydrogens (primary N) is 1. The van der Waals surface area contributed by atoms with Gasteiger partial charge in [0.05, 0.1) is 6.54 Å². The zero-order valence-corrected chi connectivity index (χ0v) is 12.2. The first-order valence-electron chi connectivity index (χ1n) is 7.04.